The summed E-state index contributed by atoms with van der Waals surface area (Å²) < 4.78 is 0. The molecule has 0 aliphatic heterocycles. The van der Waals surface area contributed by atoms with Crippen molar-refractivity contribution in [2.45, 2.75) is 70.4 Å². The van der Waals surface area contributed by atoms with E-state index in [1.807, 2.05) is 0 Å². The van der Waals surface area contributed by atoms with E-state index >= 15 is 0 Å². The summed E-state index contributed by atoms with van der Waals surface area (Å²) >= 11 is 0. The van der Waals surface area contributed by atoms with Crippen molar-refractivity contribution in [3.05, 3.63) is 0 Å². The van der Waals surface area contributed by atoms with E-state index in [9.17, 15) is 0 Å². The second-order valence-electron chi connectivity index (χ2n) is 5.83. The van der Waals surface area contributed by atoms with Gasteiger partial charge >= 0.3 is 0 Å². The minimum absolute atomic E-state index is 0.291. The Balaban J connectivity index is 4.96. The van der Waals surface area contributed by atoms with Crippen LogP contribution in [-0.4, -0.2) is 16.0 Å². The van der Waals surface area contributed by atoms with E-state index in [2.05, 4.69) is 69.3 Å². The van der Waals surface area contributed by atoms with Gasteiger partial charge in [0, 0.05) is 0 Å². The van der Waals surface area contributed by atoms with Gasteiger partial charge in [-0.15, -0.1) is 27.7 Å². The Morgan fingerprint density at radius 3 is 1.31 bits per heavy atom. The lowest BCUT2D eigenvalue weighted by Gasteiger charge is -2.48. The van der Waals surface area contributed by atoms with Crippen molar-refractivity contribution >= 4 is 27.7 Å². The normalized spacial score (nSPS) is 25.3. The number of hydrogen-bond acceptors (Lipinski definition) is 0. The summed E-state index contributed by atoms with van der Waals surface area (Å²) in [5.41, 5.74) is 0.597. The van der Waals surface area contributed by atoms with Crippen LogP contribution in [0.3, 0.4) is 0 Å². The maximum atomic E-state index is 3.11. The molecule has 0 aromatic heterocycles. The first-order chi connectivity index (χ1) is 7.12. The van der Waals surface area contributed by atoms with E-state index in [1.54, 1.807) is 0 Å². The van der Waals surface area contributed by atoms with E-state index in [1.165, 1.54) is 12.8 Å². The van der Waals surface area contributed by atoms with Crippen LogP contribution in [0.1, 0.15) is 54.4 Å². The standard InChI is InChI=1S/C13H31P3/c1-7-9(3)12(5,15)11(14)13(6,16)10(4)8-2/h9-11H,7-8,14-16H2,1-6H3. The molecule has 0 radical (unpaired) electrons. The van der Waals surface area contributed by atoms with Gasteiger partial charge < -0.3 is 0 Å². The van der Waals surface area contributed by atoms with Gasteiger partial charge in [0.2, 0.25) is 0 Å². The molecule has 0 amide bonds. The summed E-state index contributed by atoms with van der Waals surface area (Å²) in [6, 6.07) is 0. The molecule has 0 heterocycles. The fourth-order valence-electron chi connectivity index (χ4n) is 2.16. The summed E-state index contributed by atoms with van der Waals surface area (Å²) in [7, 11) is 9.32. The molecular formula is C13H31P3. The summed E-state index contributed by atoms with van der Waals surface area (Å²) in [5.74, 6) is 1.45. The second-order valence-corrected chi connectivity index (χ2v) is 8.98. The largest absolute Gasteiger partial charge is 0.133 e. The van der Waals surface area contributed by atoms with Crippen molar-refractivity contribution in [2.75, 3.05) is 0 Å². The highest BCUT2D eigenvalue weighted by molar-refractivity contribution is 7.27. The predicted molar refractivity (Wildman–Crippen MR) is 88.6 cm³/mol. The Hall–Kier alpha value is 1.29. The molecule has 0 aliphatic rings. The van der Waals surface area contributed by atoms with Crippen LogP contribution in [0.2, 0.25) is 0 Å². The quantitative estimate of drug-likeness (QED) is 0.624. The van der Waals surface area contributed by atoms with Crippen LogP contribution in [0.5, 0.6) is 0 Å². The van der Waals surface area contributed by atoms with E-state index in [0.717, 1.165) is 11.8 Å². The third kappa shape index (κ3) is 3.64. The first-order valence-corrected chi connectivity index (χ1v) is 8.27. The van der Waals surface area contributed by atoms with Crippen LogP contribution in [0.15, 0.2) is 0 Å². The molecule has 3 heteroatoms. The van der Waals surface area contributed by atoms with Crippen molar-refractivity contribution in [1.29, 1.82) is 0 Å². The van der Waals surface area contributed by atoms with Crippen molar-refractivity contribution in [3.63, 3.8) is 0 Å². The van der Waals surface area contributed by atoms with Gasteiger partial charge in [0.1, 0.15) is 0 Å². The van der Waals surface area contributed by atoms with Gasteiger partial charge in [0.05, 0.1) is 0 Å². The Morgan fingerprint density at radius 2 is 1.12 bits per heavy atom. The topological polar surface area (TPSA) is 0 Å². The van der Waals surface area contributed by atoms with Crippen LogP contribution >= 0.6 is 27.7 Å². The SMILES string of the molecule is CCC(C)C(C)(P)C(P)C(C)(P)C(C)CC. The summed E-state index contributed by atoms with van der Waals surface area (Å²) in [6.07, 6.45) is 2.48. The zero-order valence-corrected chi connectivity index (χ0v) is 15.3. The van der Waals surface area contributed by atoms with Crippen molar-refractivity contribution in [3.8, 4) is 0 Å². The average molecular weight is 280 g/mol. The molecule has 0 saturated heterocycles. The summed E-state index contributed by atoms with van der Waals surface area (Å²) in [4.78, 5) is 0. The number of rotatable bonds is 6. The molecule has 0 aromatic carbocycles. The van der Waals surface area contributed by atoms with Crippen LogP contribution < -0.4 is 0 Å². The smallest absolute Gasteiger partial charge is 0.00819 e. The molecule has 0 saturated carbocycles. The fraction of sp³-hybridized carbons (Fsp3) is 1.00. The van der Waals surface area contributed by atoms with Gasteiger partial charge in [-0.3, -0.25) is 0 Å². The Morgan fingerprint density at radius 1 is 0.875 bits per heavy atom. The van der Waals surface area contributed by atoms with Gasteiger partial charge in [-0.25, -0.2) is 0 Å². The first kappa shape index (κ1) is 17.3. The molecule has 0 aromatic rings. The average Bonchev–Trinajstić information content (AvgIpc) is 2.25. The van der Waals surface area contributed by atoms with Gasteiger partial charge in [-0.05, 0) is 27.8 Å². The van der Waals surface area contributed by atoms with E-state index < -0.39 is 0 Å². The Bertz CT molecular complexity index is 189. The van der Waals surface area contributed by atoms with Crippen LogP contribution in [0.4, 0.5) is 0 Å². The highest BCUT2D eigenvalue weighted by Crippen LogP contribution is 2.48. The summed E-state index contributed by atoms with van der Waals surface area (Å²) in [5, 5.41) is 0.582. The first-order valence-electron chi connectivity index (χ1n) is 6.45. The monoisotopic (exact) mass is 280 g/mol. The van der Waals surface area contributed by atoms with Crippen molar-refractivity contribution in [2.24, 2.45) is 11.8 Å². The van der Waals surface area contributed by atoms with Gasteiger partial charge in [0.15, 0.2) is 0 Å². The van der Waals surface area contributed by atoms with Crippen LogP contribution in [-0.2, 0) is 0 Å². The minimum atomic E-state index is 0.291. The molecule has 16 heavy (non-hydrogen) atoms. The Labute approximate surface area is 110 Å². The molecule has 7 unspecified atom stereocenters. The molecule has 0 bridgehead atoms. The van der Waals surface area contributed by atoms with Crippen LogP contribution in [0, 0.1) is 11.8 Å². The van der Waals surface area contributed by atoms with E-state index in [-0.39, 0.29) is 0 Å². The third-order valence-electron chi connectivity index (χ3n) is 4.69. The van der Waals surface area contributed by atoms with Crippen molar-refractivity contribution in [1.82, 2.24) is 0 Å². The highest BCUT2D eigenvalue weighted by atomic mass is 31.0. The zero-order valence-electron chi connectivity index (χ0n) is 11.9. The Kier molecular flexibility index (Phi) is 6.98. The molecule has 7 atom stereocenters. The van der Waals surface area contributed by atoms with Crippen molar-refractivity contribution < 1.29 is 0 Å². The molecular weight excluding hydrogens is 249 g/mol. The van der Waals surface area contributed by atoms with Gasteiger partial charge in [-0.1, -0.05) is 54.4 Å². The highest BCUT2D eigenvalue weighted by Gasteiger charge is 2.42. The molecule has 0 rings (SSSR count). The molecule has 0 fully saturated rings. The zero-order chi connectivity index (χ0) is 13.1. The molecule has 0 spiro atoms. The molecule has 0 aliphatic carbocycles. The molecule has 98 valence electrons. The summed E-state index contributed by atoms with van der Waals surface area (Å²) in [6.45, 7) is 14.1. The van der Waals surface area contributed by atoms with Gasteiger partial charge in [0.25, 0.3) is 0 Å². The minimum Gasteiger partial charge on any atom is -0.133 e. The van der Waals surface area contributed by atoms with E-state index in [0.29, 0.717) is 16.0 Å². The lowest BCUT2D eigenvalue weighted by atomic mass is 9.78. The molecule has 0 N–H and O–H groups in total. The number of hydrogen-bond donors (Lipinski definition) is 0. The lowest BCUT2D eigenvalue weighted by Crippen LogP contribution is -2.49. The van der Waals surface area contributed by atoms with E-state index in [4.69, 9.17) is 0 Å². The predicted octanol–water partition coefficient (Wildman–Crippen LogP) is 4.59. The lowest BCUT2D eigenvalue weighted by molar-refractivity contribution is 0.317. The fourth-order valence-corrected chi connectivity index (χ4v) is 4.20. The maximum absolute atomic E-state index is 3.11. The van der Waals surface area contributed by atoms with Gasteiger partial charge in [-0.2, -0.15) is 0 Å². The maximum Gasteiger partial charge on any atom is -0.00819 e. The second kappa shape index (κ2) is 6.45. The molecule has 0 nitrogen and oxygen atoms in total. The third-order valence-corrected chi connectivity index (χ3v) is 8.75. The van der Waals surface area contributed by atoms with Crippen LogP contribution in [0.25, 0.3) is 0 Å².